The van der Waals surface area contributed by atoms with Gasteiger partial charge in [0.2, 0.25) is 5.91 Å². The lowest BCUT2D eigenvalue weighted by Gasteiger charge is -2.15. The first-order valence-electron chi connectivity index (χ1n) is 5.28. The van der Waals surface area contributed by atoms with Crippen LogP contribution in [0.2, 0.25) is 0 Å². The molecule has 0 aliphatic carbocycles. The number of carbonyl (C=O) groups excluding carboxylic acids is 1. The fourth-order valence-corrected chi connectivity index (χ4v) is 1.55. The van der Waals surface area contributed by atoms with Crippen LogP contribution in [-0.2, 0) is 0 Å². The molecule has 1 atom stereocenters. The number of hydrogen-bond donors (Lipinski definition) is 3. The molecular weight excluding hydrogens is 222 g/mol. The molecule has 0 saturated heterocycles. The minimum absolute atomic E-state index is 0.00803. The Balaban J connectivity index is 2.90. The van der Waals surface area contributed by atoms with Gasteiger partial charge in [0, 0.05) is 5.56 Å². The number of primary amides is 1. The van der Waals surface area contributed by atoms with E-state index in [0.717, 1.165) is 11.1 Å². The molecule has 1 aromatic carbocycles. The van der Waals surface area contributed by atoms with Crippen molar-refractivity contribution in [2.45, 2.75) is 20.0 Å². The van der Waals surface area contributed by atoms with E-state index in [9.17, 15) is 9.90 Å². The van der Waals surface area contributed by atoms with E-state index >= 15 is 0 Å². The Labute approximate surface area is 99.8 Å². The minimum Gasteiger partial charge on any atom is -0.490 e. The van der Waals surface area contributed by atoms with Crippen molar-refractivity contribution in [1.29, 1.82) is 0 Å². The fourth-order valence-electron chi connectivity index (χ4n) is 1.55. The van der Waals surface area contributed by atoms with Crippen LogP contribution in [0.15, 0.2) is 12.1 Å². The number of aliphatic hydroxyl groups is 2. The lowest BCUT2D eigenvalue weighted by molar-refractivity contribution is 0.0531. The standard InChI is InChI=1S/C12H17NO4/c1-7-3-9(12(13)16)4-8(2)11(7)17-6-10(15)5-14/h3-4,10,14-15H,5-6H2,1-2H3,(H2,13,16)/t10-/m1/s1. The first-order valence-corrected chi connectivity index (χ1v) is 5.28. The normalized spacial score (nSPS) is 12.2. The molecule has 0 bridgehead atoms. The number of aliphatic hydroxyl groups excluding tert-OH is 2. The summed E-state index contributed by atoms with van der Waals surface area (Å²) in [7, 11) is 0. The van der Waals surface area contributed by atoms with Crippen LogP contribution in [-0.4, -0.2) is 35.4 Å². The molecule has 1 aromatic rings. The van der Waals surface area contributed by atoms with E-state index in [0.29, 0.717) is 11.3 Å². The van der Waals surface area contributed by atoms with Gasteiger partial charge in [0.25, 0.3) is 0 Å². The quantitative estimate of drug-likeness (QED) is 0.681. The van der Waals surface area contributed by atoms with Crippen molar-refractivity contribution in [2.24, 2.45) is 5.73 Å². The fraction of sp³-hybridized carbons (Fsp3) is 0.417. The molecule has 0 fully saturated rings. The van der Waals surface area contributed by atoms with Crippen molar-refractivity contribution in [3.05, 3.63) is 28.8 Å². The Morgan fingerprint density at radius 3 is 2.35 bits per heavy atom. The number of benzene rings is 1. The molecule has 0 radical (unpaired) electrons. The summed E-state index contributed by atoms with van der Waals surface area (Å²) in [6.45, 7) is 3.24. The molecule has 5 heteroatoms. The van der Waals surface area contributed by atoms with Gasteiger partial charge in [-0.25, -0.2) is 0 Å². The number of aryl methyl sites for hydroxylation is 2. The van der Waals surface area contributed by atoms with Crippen molar-refractivity contribution in [3.63, 3.8) is 0 Å². The van der Waals surface area contributed by atoms with Crippen LogP contribution in [0.5, 0.6) is 5.75 Å². The highest BCUT2D eigenvalue weighted by Crippen LogP contribution is 2.24. The minimum atomic E-state index is -0.912. The molecule has 0 unspecified atom stereocenters. The number of hydrogen-bond acceptors (Lipinski definition) is 4. The highest BCUT2D eigenvalue weighted by atomic mass is 16.5. The largest absolute Gasteiger partial charge is 0.490 e. The van der Waals surface area contributed by atoms with Gasteiger partial charge in [0.1, 0.15) is 18.5 Å². The molecule has 17 heavy (non-hydrogen) atoms. The molecule has 0 heterocycles. The second kappa shape index (κ2) is 5.65. The zero-order chi connectivity index (χ0) is 13.0. The summed E-state index contributed by atoms with van der Waals surface area (Å²) in [6.07, 6.45) is -0.912. The monoisotopic (exact) mass is 239 g/mol. The smallest absolute Gasteiger partial charge is 0.248 e. The van der Waals surface area contributed by atoms with Crippen molar-refractivity contribution in [1.82, 2.24) is 0 Å². The third kappa shape index (κ3) is 3.44. The second-order valence-electron chi connectivity index (χ2n) is 3.95. The molecule has 0 aromatic heterocycles. The molecule has 94 valence electrons. The maximum Gasteiger partial charge on any atom is 0.248 e. The Morgan fingerprint density at radius 1 is 1.41 bits per heavy atom. The second-order valence-corrected chi connectivity index (χ2v) is 3.95. The van der Waals surface area contributed by atoms with E-state index in [1.54, 1.807) is 26.0 Å². The molecule has 0 aliphatic rings. The summed E-state index contributed by atoms with van der Waals surface area (Å²) in [5.41, 5.74) is 7.15. The van der Waals surface area contributed by atoms with E-state index in [2.05, 4.69) is 0 Å². The molecule has 4 N–H and O–H groups in total. The van der Waals surface area contributed by atoms with Gasteiger partial charge in [-0.3, -0.25) is 4.79 Å². The molecule has 1 amide bonds. The highest BCUT2D eigenvalue weighted by Gasteiger charge is 2.11. The van der Waals surface area contributed by atoms with Gasteiger partial charge in [-0.05, 0) is 37.1 Å². The predicted molar refractivity (Wildman–Crippen MR) is 63.0 cm³/mol. The number of nitrogens with two attached hydrogens (primary N) is 1. The van der Waals surface area contributed by atoms with Crippen LogP contribution in [0.25, 0.3) is 0 Å². The average Bonchev–Trinajstić information content (AvgIpc) is 2.27. The zero-order valence-electron chi connectivity index (χ0n) is 9.93. The summed E-state index contributed by atoms with van der Waals surface area (Å²) < 4.78 is 5.39. The summed E-state index contributed by atoms with van der Waals surface area (Å²) in [5.74, 6) is 0.112. The summed E-state index contributed by atoms with van der Waals surface area (Å²) >= 11 is 0. The molecule has 5 nitrogen and oxygen atoms in total. The van der Waals surface area contributed by atoms with E-state index in [1.165, 1.54) is 0 Å². The summed E-state index contributed by atoms with van der Waals surface area (Å²) in [5, 5.41) is 17.9. The summed E-state index contributed by atoms with van der Waals surface area (Å²) in [6, 6.07) is 3.27. The van der Waals surface area contributed by atoms with E-state index in [1.807, 2.05) is 0 Å². The molecule has 0 saturated carbocycles. The first kappa shape index (κ1) is 13.5. The maximum atomic E-state index is 11.0. The van der Waals surface area contributed by atoms with Crippen LogP contribution >= 0.6 is 0 Å². The maximum absolute atomic E-state index is 11.0. The van der Waals surface area contributed by atoms with Crippen molar-refractivity contribution in [2.75, 3.05) is 13.2 Å². The van der Waals surface area contributed by atoms with Crippen LogP contribution in [0.1, 0.15) is 21.5 Å². The molecule has 0 aliphatic heterocycles. The average molecular weight is 239 g/mol. The highest BCUT2D eigenvalue weighted by molar-refractivity contribution is 5.93. The Kier molecular flexibility index (Phi) is 4.48. The number of carbonyl (C=O) groups is 1. The van der Waals surface area contributed by atoms with Crippen LogP contribution in [0.4, 0.5) is 0 Å². The zero-order valence-corrected chi connectivity index (χ0v) is 9.93. The topological polar surface area (TPSA) is 92.8 Å². The molecular formula is C12H17NO4. The first-order chi connectivity index (χ1) is 7.95. The van der Waals surface area contributed by atoms with Gasteiger partial charge < -0.3 is 20.7 Å². The third-order valence-electron chi connectivity index (χ3n) is 2.38. The van der Waals surface area contributed by atoms with Crippen molar-refractivity contribution < 1.29 is 19.7 Å². The molecule has 1 rings (SSSR count). The van der Waals surface area contributed by atoms with Gasteiger partial charge in [-0.15, -0.1) is 0 Å². The summed E-state index contributed by atoms with van der Waals surface area (Å²) in [4.78, 5) is 11.0. The van der Waals surface area contributed by atoms with Crippen molar-refractivity contribution >= 4 is 5.91 Å². The van der Waals surface area contributed by atoms with Gasteiger partial charge >= 0.3 is 0 Å². The predicted octanol–water partition coefficient (Wildman–Crippen LogP) is 0.134. The van der Waals surface area contributed by atoms with Crippen LogP contribution in [0.3, 0.4) is 0 Å². The Hall–Kier alpha value is -1.59. The third-order valence-corrected chi connectivity index (χ3v) is 2.38. The molecule has 0 spiro atoms. The number of ether oxygens (including phenoxy) is 1. The number of amides is 1. The van der Waals surface area contributed by atoms with Gasteiger partial charge in [-0.2, -0.15) is 0 Å². The van der Waals surface area contributed by atoms with Crippen LogP contribution < -0.4 is 10.5 Å². The van der Waals surface area contributed by atoms with Gasteiger partial charge in [0.05, 0.1) is 6.61 Å². The van der Waals surface area contributed by atoms with E-state index in [-0.39, 0.29) is 13.2 Å². The number of rotatable bonds is 5. The van der Waals surface area contributed by atoms with E-state index in [4.69, 9.17) is 15.6 Å². The van der Waals surface area contributed by atoms with Gasteiger partial charge in [-0.1, -0.05) is 0 Å². The lowest BCUT2D eigenvalue weighted by Crippen LogP contribution is -2.22. The van der Waals surface area contributed by atoms with E-state index < -0.39 is 12.0 Å². The Bertz CT molecular complexity index is 394. The SMILES string of the molecule is Cc1cc(C(N)=O)cc(C)c1OC[C@H](O)CO. The van der Waals surface area contributed by atoms with Crippen molar-refractivity contribution in [3.8, 4) is 5.75 Å². The lowest BCUT2D eigenvalue weighted by atomic mass is 10.1. The Morgan fingerprint density at radius 2 is 1.94 bits per heavy atom. The van der Waals surface area contributed by atoms with Crippen LogP contribution in [0, 0.1) is 13.8 Å². The van der Waals surface area contributed by atoms with Gasteiger partial charge in [0.15, 0.2) is 0 Å².